The second-order valence-corrected chi connectivity index (χ2v) is 9.54. The number of hydrogen-bond donors (Lipinski definition) is 1. The van der Waals surface area contributed by atoms with Gasteiger partial charge in [0.25, 0.3) is 5.91 Å². The van der Waals surface area contributed by atoms with Gasteiger partial charge in [-0.3, -0.25) is 4.79 Å². The lowest BCUT2D eigenvalue weighted by Gasteiger charge is -2.22. The number of aryl methyl sites for hydroxylation is 1. The Hall–Kier alpha value is -3.50. The van der Waals surface area contributed by atoms with Gasteiger partial charge in [0, 0.05) is 11.4 Å². The van der Waals surface area contributed by atoms with Gasteiger partial charge in [-0.15, -0.1) is 10.2 Å². The molecule has 11 heteroatoms. The molecule has 174 valence electrons. The highest BCUT2D eigenvalue weighted by Gasteiger charge is 2.37. The summed E-state index contributed by atoms with van der Waals surface area (Å²) >= 11 is 7.24. The topological polar surface area (TPSA) is 116 Å². The van der Waals surface area contributed by atoms with Crippen LogP contribution in [0.5, 0.6) is 0 Å². The third-order valence-electron chi connectivity index (χ3n) is 5.58. The Morgan fingerprint density at radius 3 is 2.65 bits per heavy atom. The number of nitrogens with two attached hydrogens (primary N) is 1. The van der Waals surface area contributed by atoms with E-state index in [1.807, 2.05) is 25.1 Å². The zero-order valence-electron chi connectivity index (χ0n) is 18.4. The molecule has 1 aromatic carbocycles. The number of thioether (sulfide) groups is 1. The van der Waals surface area contributed by atoms with Crippen LogP contribution in [0.4, 0.5) is 0 Å². The van der Waals surface area contributed by atoms with Crippen LogP contribution in [-0.2, 0) is 4.79 Å². The van der Waals surface area contributed by atoms with Gasteiger partial charge in [-0.2, -0.15) is 5.10 Å². The van der Waals surface area contributed by atoms with Crippen molar-refractivity contribution in [3.8, 4) is 11.4 Å². The van der Waals surface area contributed by atoms with Gasteiger partial charge in [0.15, 0.2) is 5.82 Å². The number of nitrogens with zero attached hydrogens (tertiary/aromatic N) is 5. The quantitative estimate of drug-likeness (QED) is 0.304. The number of rotatable bonds is 6. The minimum Gasteiger partial charge on any atom is -0.469 e. The average Bonchev–Trinajstić information content (AvgIpc) is 3.62. The Morgan fingerprint density at radius 1 is 1.18 bits per heavy atom. The molecule has 0 saturated carbocycles. The van der Waals surface area contributed by atoms with E-state index in [-0.39, 0.29) is 11.9 Å². The zero-order chi connectivity index (χ0) is 23.8. The van der Waals surface area contributed by atoms with E-state index in [1.165, 1.54) is 21.4 Å². The summed E-state index contributed by atoms with van der Waals surface area (Å²) in [6.07, 6.45) is 3.68. The van der Waals surface area contributed by atoms with E-state index >= 15 is 0 Å². The van der Waals surface area contributed by atoms with Crippen molar-refractivity contribution < 1.29 is 13.6 Å². The molecule has 4 heterocycles. The molecule has 0 bridgehead atoms. The summed E-state index contributed by atoms with van der Waals surface area (Å²) in [5.41, 5.74) is 2.43. The Balaban J connectivity index is 1.39. The van der Waals surface area contributed by atoms with Gasteiger partial charge in [-0.05, 0) is 49.7 Å². The average molecular weight is 497 g/mol. The van der Waals surface area contributed by atoms with E-state index in [9.17, 15) is 4.79 Å². The first kappa shape index (κ1) is 22.3. The van der Waals surface area contributed by atoms with Crippen molar-refractivity contribution in [2.24, 2.45) is 5.10 Å². The van der Waals surface area contributed by atoms with Crippen LogP contribution in [0.3, 0.4) is 0 Å². The summed E-state index contributed by atoms with van der Waals surface area (Å²) in [5.74, 6) is 7.85. The maximum atomic E-state index is 13.5. The van der Waals surface area contributed by atoms with Gasteiger partial charge in [0.1, 0.15) is 17.6 Å². The van der Waals surface area contributed by atoms with Crippen LogP contribution in [0.2, 0.25) is 5.02 Å². The third-order valence-corrected chi connectivity index (χ3v) is 6.88. The standard InChI is InChI=1S/C23H21ClN6O3S/c1-13-17(9-11-32-13)21-26-27-23(29(21)25)34-14(2)22(31)30-19(20-4-3-10-33-20)12-18(28-30)15-5-7-16(24)8-6-15/h3-11,14,19H,12,25H2,1-2H3. The molecular weight excluding hydrogens is 476 g/mol. The first-order chi connectivity index (χ1) is 16.4. The Kier molecular flexibility index (Phi) is 5.93. The second-order valence-electron chi connectivity index (χ2n) is 7.80. The molecule has 1 aliphatic heterocycles. The monoisotopic (exact) mass is 496 g/mol. The van der Waals surface area contributed by atoms with Crippen LogP contribution in [0.25, 0.3) is 11.4 Å². The van der Waals surface area contributed by atoms with Crippen LogP contribution < -0.4 is 5.84 Å². The maximum Gasteiger partial charge on any atom is 0.256 e. The number of carbonyl (C=O) groups excluding carboxylic acids is 1. The molecule has 1 aliphatic rings. The lowest BCUT2D eigenvalue weighted by molar-refractivity contribution is -0.132. The number of hydrazone groups is 1. The number of aromatic nitrogens is 3. The molecule has 0 saturated heterocycles. The number of hydrogen-bond acceptors (Lipinski definition) is 8. The van der Waals surface area contributed by atoms with Crippen LogP contribution in [0.1, 0.15) is 36.5 Å². The maximum absolute atomic E-state index is 13.5. The van der Waals surface area contributed by atoms with Crippen molar-refractivity contribution in [1.29, 1.82) is 0 Å². The van der Waals surface area contributed by atoms with Crippen molar-refractivity contribution in [2.75, 3.05) is 5.84 Å². The highest BCUT2D eigenvalue weighted by atomic mass is 35.5. The molecule has 5 rings (SSSR count). The number of amides is 1. The van der Waals surface area contributed by atoms with Crippen LogP contribution in [-0.4, -0.2) is 36.8 Å². The number of nitrogen functional groups attached to an aromatic ring is 1. The molecule has 0 fully saturated rings. The van der Waals surface area contributed by atoms with Crippen LogP contribution >= 0.6 is 23.4 Å². The lowest BCUT2D eigenvalue weighted by Crippen LogP contribution is -2.33. The van der Waals surface area contributed by atoms with Gasteiger partial charge >= 0.3 is 0 Å². The number of furan rings is 2. The molecule has 1 amide bonds. The normalized spacial score (nSPS) is 16.6. The summed E-state index contributed by atoms with van der Waals surface area (Å²) in [4.78, 5) is 13.5. The molecule has 2 N–H and O–H groups in total. The largest absolute Gasteiger partial charge is 0.469 e. The van der Waals surface area contributed by atoms with Crippen molar-refractivity contribution in [1.82, 2.24) is 19.9 Å². The summed E-state index contributed by atoms with van der Waals surface area (Å²) in [7, 11) is 0. The number of benzene rings is 1. The number of carbonyl (C=O) groups is 1. The van der Waals surface area contributed by atoms with Gasteiger partial charge in [-0.1, -0.05) is 35.5 Å². The lowest BCUT2D eigenvalue weighted by atomic mass is 10.0. The summed E-state index contributed by atoms with van der Waals surface area (Å²) < 4.78 is 12.3. The fourth-order valence-electron chi connectivity index (χ4n) is 3.79. The van der Waals surface area contributed by atoms with Gasteiger partial charge in [0.2, 0.25) is 5.16 Å². The van der Waals surface area contributed by atoms with E-state index < -0.39 is 5.25 Å². The minimum atomic E-state index is -0.532. The minimum absolute atomic E-state index is 0.195. The van der Waals surface area contributed by atoms with E-state index in [1.54, 1.807) is 43.7 Å². The fourth-order valence-corrected chi connectivity index (χ4v) is 4.72. The predicted molar refractivity (Wildman–Crippen MR) is 129 cm³/mol. The smallest absolute Gasteiger partial charge is 0.256 e. The molecule has 9 nitrogen and oxygen atoms in total. The van der Waals surface area contributed by atoms with Crippen molar-refractivity contribution >= 4 is 35.0 Å². The predicted octanol–water partition coefficient (Wildman–Crippen LogP) is 4.67. The zero-order valence-corrected chi connectivity index (χ0v) is 20.0. The summed E-state index contributed by atoms with van der Waals surface area (Å²) in [5, 5.41) is 15.0. The van der Waals surface area contributed by atoms with E-state index in [0.29, 0.717) is 33.9 Å². The Morgan fingerprint density at radius 2 is 1.97 bits per heavy atom. The van der Waals surface area contributed by atoms with E-state index in [0.717, 1.165) is 16.8 Å². The first-order valence-corrected chi connectivity index (χ1v) is 11.8. The molecular formula is C23H21ClN6O3S. The van der Waals surface area contributed by atoms with Crippen molar-refractivity contribution in [3.05, 3.63) is 77.1 Å². The van der Waals surface area contributed by atoms with Gasteiger partial charge in [-0.25, -0.2) is 9.69 Å². The summed E-state index contributed by atoms with van der Waals surface area (Å²) in [6.45, 7) is 3.61. The highest BCUT2D eigenvalue weighted by molar-refractivity contribution is 8.00. The number of halogens is 1. The molecule has 0 radical (unpaired) electrons. The van der Waals surface area contributed by atoms with Gasteiger partial charge in [0.05, 0.1) is 29.1 Å². The molecule has 0 spiro atoms. The van der Waals surface area contributed by atoms with Gasteiger partial charge < -0.3 is 14.7 Å². The fraction of sp³-hybridized carbons (Fsp3) is 0.217. The van der Waals surface area contributed by atoms with Crippen molar-refractivity contribution in [3.63, 3.8) is 0 Å². The van der Waals surface area contributed by atoms with Crippen molar-refractivity contribution in [2.45, 2.75) is 36.7 Å². The van der Waals surface area contributed by atoms with E-state index in [2.05, 4.69) is 15.3 Å². The molecule has 2 unspecified atom stereocenters. The first-order valence-electron chi connectivity index (χ1n) is 10.5. The SMILES string of the molecule is Cc1occc1-c1nnc(SC(C)C(=O)N2N=C(c3ccc(Cl)cc3)CC2c2ccco2)n1N. The molecule has 3 aromatic heterocycles. The van der Waals surface area contributed by atoms with E-state index in [4.69, 9.17) is 26.3 Å². The molecule has 34 heavy (non-hydrogen) atoms. The summed E-state index contributed by atoms with van der Waals surface area (Å²) in [6, 6.07) is 12.5. The second kappa shape index (κ2) is 9.03. The Labute approximate surface area is 204 Å². The molecule has 4 aromatic rings. The molecule has 2 atom stereocenters. The van der Waals surface area contributed by atoms with Crippen LogP contribution in [0.15, 0.2) is 74.1 Å². The Bertz CT molecular complexity index is 1350. The molecule has 0 aliphatic carbocycles. The highest BCUT2D eigenvalue weighted by Crippen LogP contribution is 2.36. The van der Waals surface area contributed by atoms with Crippen LogP contribution in [0, 0.1) is 6.92 Å². The third kappa shape index (κ3) is 4.10.